The molecular weight excluding hydrogens is 406 g/mol. The lowest BCUT2D eigenvalue weighted by Gasteiger charge is -2.35. The smallest absolute Gasteiger partial charge is 0.259 e. The molecule has 1 saturated heterocycles. The second kappa shape index (κ2) is 8.50. The van der Waals surface area contributed by atoms with Gasteiger partial charge in [-0.25, -0.2) is 4.98 Å². The van der Waals surface area contributed by atoms with Gasteiger partial charge in [-0.15, -0.1) is 0 Å². The molecule has 1 aliphatic heterocycles. The lowest BCUT2D eigenvalue weighted by molar-refractivity contribution is -0.0237. The van der Waals surface area contributed by atoms with Gasteiger partial charge in [0.05, 0.1) is 17.4 Å². The van der Waals surface area contributed by atoms with Gasteiger partial charge in [0, 0.05) is 25.0 Å². The van der Waals surface area contributed by atoms with Gasteiger partial charge in [-0.05, 0) is 69.2 Å². The topological polar surface area (TPSA) is 97.4 Å². The van der Waals surface area contributed by atoms with Crippen molar-refractivity contribution in [1.82, 2.24) is 20.1 Å². The number of pyridine rings is 2. The summed E-state index contributed by atoms with van der Waals surface area (Å²) in [6, 6.07) is 7.92. The van der Waals surface area contributed by atoms with E-state index in [4.69, 9.17) is 9.26 Å². The van der Waals surface area contributed by atoms with Crippen LogP contribution in [0.2, 0.25) is 0 Å². The van der Waals surface area contributed by atoms with Crippen molar-refractivity contribution in [3.8, 4) is 17.2 Å². The third-order valence-electron chi connectivity index (χ3n) is 6.62. The van der Waals surface area contributed by atoms with Gasteiger partial charge < -0.3 is 19.3 Å². The summed E-state index contributed by atoms with van der Waals surface area (Å²) in [5, 5.41) is 14.7. The normalized spacial score (nSPS) is 25.1. The second-order valence-corrected chi connectivity index (χ2v) is 8.92. The number of hydrogen-bond donors (Lipinski definition) is 1. The molecule has 2 fully saturated rings. The number of aryl methyl sites for hydroxylation is 3. The zero-order chi connectivity index (χ0) is 22.2. The predicted molar refractivity (Wildman–Crippen MR) is 119 cm³/mol. The average molecular weight is 436 g/mol. The van der Waals surface area contributed by atoms with Gasteiger partial charge in [-0.1, -0.05) is 12.1 Å². The van der Waals surface area contributed by atoms with Crippen LogP contribution in [0.4, 0.5) is 5.82 Å². The Bertz CT molecular complexity index is 1080. The summed E-state index contributed by atoms with van der Waals surface area (Å²) in [5.74, 6) is 3.72. The third kappa shape index (κ3) is 4.07. The molecule has 5 rings (SSSR count). The molecule has 1 saturated carbocycles. The fourth-order valence-corrected chi connectivity index (χ4v) is 4.94. The number of aromatic nitrogens is 4. The van der Waals surface area contributed by atoms with Crippen molar-refractivity contribution in [1.29, 1.82) is 0 Å². The van der Waals surface area contributed by atoms with E-state index in [9.17, 15) is 5.11 Å². The van der Waals surface area contributed by atoms with Crippen LogP contribution in [0.5, 0.6) is 5.75 Å². The molecule has 0 spiro atoms. The van der Waals surface area contributed by atoms with Gasteiger partial charge in [-0.2, -0.15) is 4.98 Å². The molecule has 1 N–H and O–H groups in total. The predicted octanol–water partition coefficient (Wildman–Crippen LogP) is 3.36. The molecule has 0 amide bonds. The van der Waals surface area contributed by atoms with E-state index in [1.54, 1.807) is 13.1 Å². The standard InChI is InChI=1S/C24H29N5O3/c1-4-19-21(7-5-14(2)26-19)31-22-10-18-13-29(12-17(18)9-20(22)30)23-8-6-16(11-25-23)24-27-15(3)28-32-24/h5-8,11,17-18,20,22,30H,4,9-10,12-13H2,1-3H3/t17-,18+,20+,22+/m0/s1. The van der Waals surface area contributed by atoms with Gasteiger partial charge >= 0.3 is 0 Å². The van der Waals surface area contributed by atoms with E-state index in [0.29, 0.717) is 23.6 Å². The molecule has 3 aromatic heterocycles. The Labute approximate surface area is 187 Å². The maximum absolute atomic E-state index is 10.8. The van der Waals surface area contributed by atoms with Crippen LogP contribution in [0.1, 0.15) is 37.0 Å². The quantitative estimate of drug-likeness (QED) is 0.652. The van der Waals surface area contributed by atoms with Gasteiger partial charge in [0.1, 0.15) is 17.7 Å². The van der Waals surface area contributed by atoms with Gasteiger partial charge in [0.25, 0.3) is 5.89 Å². The van der Waals surface area contributed by atoms with E-state index in [0.717, 1.165) is 60.9 Å². The molecule has 8 heteroatoms. The van der Waals surface area contributed by atoms with Crippen LogP contribution >= 0.6 is 0 Å². The minimum absolute atomic E-state index is 0.206. The molecule has 0 bridgehead atoms. The SMILES string of the molecule is CCc1nc(C)ccc1O[C@@H]1C[C@@H]2CN(c3ccc(-c4nc(C)no4)cn3)C[C@@H]2C[C@H]1O. The number of aliphatic hydroxyl groups excluding tert-OH is 1. The van der Waals surface area contributed by atoms with Gasteiger partial charge in [0.2, 0.25) is 0 Å². The van der Waals surface area contributed by atoms with E-state index in [-0.39, 0.29) is 6.10 Å². The van der Waals surface area contributed by atoms with Crippen LogP contribution in [-0.2, 0) is 6.42 Å². The highest BCUT2D eigenvalue weighted by atomic mass is 16.5. The van der Waals surface area contributed by atoms with Crippen molar-refractivity contribution >= 4 is 5.82 Å². The summed E-state index contributed by atoms with van der Waals surface area (Å²) in [6.45, 7) is 7.67. The summed E-state index contributed by atoms with van der Waals surface area (Å²) >= 11 is 0. The summed E-state index contributed by atoms with van der Waals surface area (Å²) in [4.78, 5) is 15.8. The van der Waals surface area contributed by atoms with Crippen LogP contribution in [-0.4, -0.2) is 50.5 Å². The fourth-order valence-electron chi connectivity index (χ4n) is 4.94. The van der Waals surface area contributed by atoms with E-state index in [1.807, 2.05) is 31.2 Å². The zero-order valence-electron chi connectivity index (χ0n) is 18.7. The van der Waals surface area contributed by atoms with Gasteiger partial charge in [-0.3, -0.25) is 4.98 Å². The van der Waals surface area contributed by atoms with Crippen molar-refractivity contribution in [3.05, 3.63) is 47.7 Å². The van der Waals surface area contributed by atoms with Crippen molar-refractivity contribution in [3.63, 3.8) is 0 Å². The Morgan fingerprint density at radius 1 is 1.09 bits per heavy atom. The largest absolute Gasteiger partial charge is 0.486 e. The molecule has 0 unspecified atom stereocenters. The zero-order valence-corrected chi connectivity index (χ0v) is 18.7. The maximum atomic E-state index is 10.8. The van der Waals surface area contributed by atoms with Crippen molar-refractivity contribution < 1.29 is 14.4 Å². The first-order valence-electron chi connectivity index (χ1n) is 11.3. The molecule has 2 aliphatic rings. The van der Waals surface area contributed by atoms with E-state index < -0.39 is 6.10 Å². The highest BCUT2D eigenvalue weighted by molar-refractivity contribution is 5.55. The maximum Gasteiger partial charge on any atom is 0.259 e. The number of hydrogen-bond acceptors (Lipinski definition) is 8. The monoisotopic (exact) mass is 435 g/mol. The Hall–Kier alpha value is -3.00. The Morgan fingerprint density at radius 3 is 2.59 bits per heavy atom. The number of aliphatic hydroxyl groups is 1. The van der Waals surface area contributed by atoms with Crippen molar-refractivity contribution in [2.75, 3.05) is 18.0 Å². The Morgan fingerprint density at radius 2 is 1.91 bits per heavy atom. The lowest BCUT2D eigenvalue weighted by Crippen LogP contribution is -2.42. The summed E-state index contributed by atoms with van der Waals surface area (Å²) in [5.41, 5.74) is 2.75. The molecule has 4 atom stereocenters. The summed E-state index contributed by atoms with van der Waals surface area (Å²) < 4.78 is 11.5. The molecule has 8 nitrogen and oxygen atoms in total. The van der Waals surface area contributed by atoms with E-state index in [2.05, 4.69) is 31.9 Å². The molecule has 0 radical (unpaired) electrons. The number of fused-ring (bicyclic) bond motifs is 1. The number of nitrogens with zero attached hydrogens (tertiary/aromatic N) is 5. The summed E-state index contributed by atoms with van der Waals surface area (Å²) in [6.07, 6.45) is 3.48. The average Bonchev–Trinajstić information content (AvgIpc) is 3.41. The minimum atomic E-state index is -0.474. The number of anilines is 1. The highest BCUT2D eigenvalue weighted by Gasteiger charge is 2.43. The van der Waals surface area contributed by atoms with E-state index in [1.165, 1.54) is 0 Å². The van der Waals surface area contributed by atoms with Crippen LogP contribution < -0.4 is 9.64 Å². The molecule has 168 valence electrons. The fraction of sp³-hybridized carbons (Fsp3) is 0.500. The minimum Gasteiger partial charge on any atom is -0.486 e. The van der Waals surface area contributed by atoms with E-state index >= 15 is 0 Å². The first-order valence-corrected chi connectivity index (χ1v) is 11.3. The van der Waals surface area contributed by atoms with Crippen molar-refractivity contribution in [2.45, 2.75) is 52.2 Å². The van der Waals surface area contributed by atoms with Crippen LogP contribution in [0.25, 0.3) is 11.5 Å². The molecule has 3 aromatic rings. The van der Waals surface area contributed by atoms with Gasteiger partial charge in [0.15, 0.2) is 5.82 Å². The Balaban J connectivity index is 1.26. The van der Waals surface area contributed by atoms with Crippen molar-refractivity contribution in [2.24, 2.45) is 11.8 Å². The van der Waals surface area contributed by atoms with Crippen LogP contribution in [0.15, 0.2) is 35.0 Å². The number of rotatable bonds is 5. The first-order chi connectivity index (χ1) is 15.5. The highest BCUT2D eigenvalue weighted by Crippen LogP contribution is 2.39. The third-order valence-corrected chi connectivity index (χ3v) is 6.62. The Kier molecular flexibility index (Phi) is 5.55. The molecule has 1 aliphatic carbocycles. The first kappa shape index (κ1) is 20.9. The summed E-state index contributed by atoms with van der Waals surface area (Å²) in [7, 11) is 0. The van der Waals surface area contributed by atoms with Crippen LogP contribution in [0.3, 0.4) is 0 Å². The molecule has 0 aromatic carbocycles. The molecule has 4 heterocycles. The lowest BCUT2D eigenvalue weighted by atomic mass is 9.78. The second-order valence-electron chi connectivity index (χ2n) is 8.92. The number of ether oxygens (including phenoxy) is 1. The van der Waals surface area contributed by atoms with Crippen LogP contribution in [0, 0.1) is 25.7 Å². The molecule has 32 heavy (non-hydrogen) atoms. The molecular formula is C24H29N5O3.